The normalized spacial score (nSPS) is 18.9. The number of alkyl halides is 2. The molecule has 3 heterocycles. The second-order valence-corrected chi connectivity index (χ2v) is 12.8. The van der Waals surface area contributed by atoms with E-state index in [1.807, 2.05) is 0 Å². The monoisotopic (exact) mass is 708 g/mol. The summed E-state index contributed by atoms with van der Waals surface area (Å²) in [5, 5.41) is 14.8. The third-order valence-corrected chi connectivity index (χ3v) is 9.17. The van der Waals surface area contributed by atoms with Crippen LogP contribution in [0.15, 0.2) is 40.9 Å². The van der Waals surface area contributed by atoms with Crippen molar-refractivity contribution in [1.29, 1.82) is 0 Å². The molecule has 2 atom stereocenters. The molecule has 1 saturated carbocycles. The van der Waals surface area contributed by atoms with Gasteiger partial charge < -0.3 is 25.6 Å². The Morgan fingerprint density at radius 1 is 1.22 bits per heavy atom. The van der Waals surface area contributed by atoms with Gasteiger partial charge in [-0.3, -0.25) is 4.79 Å². The van der Waals surface area contributed by atoms with Crippen molar-refractivity contribution < 1.29 is 36.9 Å². The predicted molar refractivity (Wildman–Crippen MR) is 161 cm³/mol. The van der Waals surface area contributed by atoms with Crippen LogP contribution < -0.4 is 20.5 Å². The zero-order valence-corrected chi connectivity index (χ0v) is 26.2. The molecule has 45 heavy (non-hydrogen) atoms. The molecule has 1 aliphatic heterocycles. The van der Waals surface area contributed by atoms with Gasteiger partial charge in [-0.2, -0.15) is 8.78 Å². The van der Waals surface area contributed by atoms with Crippen molar-refractivity contribution in [3.8, 4) is 22.8 Å². The number of nitrogens with two attached hydrogens (primary N) is 1. The van der Waals surface area contributed by atoms with Crippen LogP contribution in [0, 0.1) is 24.5 Å². The molecule has 2 aromatic heterocycles. The smallest absolute Gasteiger partial charge is 0.387 e. The Morgan fingerprint density at radius 3 is 2.64 bits per heavy atom. The number of amides is 1. The first kappa shape index (κ1) is 31.5. The number of hydrogen-bond acceptors (Lipinski definition) is 7. The number of carbonyl (C=O) groups is 1. The van der Waals surface area contributed by atoms with Gasteiger partial charge in [0.15, 0.2) is 11.5 Å². The quantitative estimate of drug-likeness (QED) is 0.141. The Balaban J connectivity index is 1.39. The predicted octanol–water partition coefficient (Wildman–Crippen LogP) is 6.49. The van der Waals surface area contributed by atoms with Gasteiger partial charge >= 0.3 is 6.61 Å². The molecule has 0 spiro atoms. The number of ether oxygens (including phenoxy) is 2. The highest BCUT2D eigenvalue weighted by atomic mass is 79.9. The molecule has 14 heteroatoms. The number of aromatic nitrogens is 2. The highest BCUT2D eigenvalue weighted by molar-refractivity contribution is 9.10. The maximum atomic E-state index is 15.1. The number of nitrogens with zero attached hydrogens (tertiary/aromatic N) is 2. The number of rotatable bonds is 8. The van der Waals surface area contributed by atoms with Gasteiger partial charge in [0.2, 0.25) is 0 Å². The number of aryl methyl sites for hydroxylation is 1. The molecule has 2 aromatic carbocycles. The number of halogens is 6. The summed E-state index contributed by atoms with van der Waals surface area (Å²) in [5.41, 5.74) is 4.71. The summed E-state index contributed by atoms with van der Waals surface area (Å²) < 4.78 is 66.7. The summed E-state index contributed by atoms with van der Waals surface area (Å²) in [6.45, 7) is -0.0755. The van der Waals surface area contributed by atoms with Crippen LogP contribution in [-0.2, 0) is 11.1 Å². The van der Waals surface area contributed by atoms with Gasteiger partial charge in [0.1, 0.15) is 35.1 Å². The van der Waals surface area contributed by atoms with Crippen molar-refractivity contribution in [1.82, 2.24) is 15.3 Å². The summed E-state index contributed by atoms with van der Waals surface area (Å²) in [7, 11) is 0. The van der Waals surface area contributed by atoms with Crippen LogP contribution in [0.25, 0.3) is 22.2 Å². The molecule has 1 fully saturated rings. The van der Waals surface area contributed by atoms with E-state index in [0.717, 1.165) is 12.1 Å². The molecule has 4 aromatic rings. The number of pyridine rings is 2. The van der Waals surface area contributed by atoms with Gasteiger partial charge in [0, 0.05) is 32.6 Å². The number of fused-ring (bicyclic) bond motifs is 2. The number of nitrogens with one attached hydrogen (secondary N) is 1. The average molecular weight is 710 g/mol. The first-order valence-corrected chi connectivity index (χ1v) is 15.0. The minimum Gasteiger partial charge on any atom is -0.489 e. The fourth-order valence-electron chi connectivity index (χ4n) is 5.47. The minimum atomic E-state index is -3.16. The first-order valence-electron chi connectivity index (χ1n) is 13.9. The second-order valence-electron chi connectivity index (χ2n) is 11.5. The number of hydrogen-bond donors (Lipinski definition) is 3. The largest absolute Gasteiger partial charge is 0.489 e. The van der Waals surface area contributed by atoms with Crippen molar-refractivity contribution in [3.05, 3.63) is 80.0 Å². The Hall–Kier alpha value is -3.52. The van der Waals surface area contributed by atoms with E-state index in [-0.39, 0.29) is 63.6 Å². The molecule has 2 aliphatic rings. The van der Waals surface area contributed by atoms with E-state index in [4.69, 9.17) is 22.1 Å². The standard InChI is InChI=1S/C31H26BrClF4N4O4/c1-13-19(32)6-14-5-15(7-23(25(14)40-13)45-29(36)37)28(42)39-11-31(43,16-3-4-16)24-9-18-27(44-12-30(18,2)38)26(41-24)17-8-20(33)22(35)10-21(17)34/h5-10,16,29,43H,3-4,11-12,38H2,1-2H3,(H,39,42)/t30-,31+/m0/s1. The van der Waals surface area contributed by atoms with Gasteiger partial charge in [-0.05, 0) is 78.9 Å². The molecule has 0 unspecified atom stereocenters. The van der Waals surface area contributed by atoms with Crippen LogP contribution in [0.3, 0.4) is 0 Å². The first-order chi connectivity index (χ1) is 21.2. The number of aliphatic hydroxyl groups is 1. The van der Waals surface area contributed by atoms with E-state index in [2.05, 4.69) is 36.0 Å². The summed E-state index contributed by atoms with van der Waals surface area (Å²) in [6.07, 6.45) is 1.21. The molecule has 236 valence electrons. The molecule has 1 aliphatic carbocycles. The van der Waals surface area contributed by atoms with E-state index < -0.39 is 35.3 Å². The van der Waals surface area contributed by atoms with Crippen molar-refractivity contribution in [2.45, 2.75) is 44.4 Å². The topological polar surface area (TPSA) is 120 Å². The van der Waals surface area contributed by atoms with Crippen LogP contribution in [0.1, 0.15) is 47.1 Å². The summed E-state index contributed by atoms with van der Waals surface area (Å²) in [4.78, 5) is 22.3. The Kier molecular flexibility index (Phi) is 7.95. The van der Waals surface area contributed by atoms with Crippen molar-refractivity contribution in [2.24, 2.45) is 11.7 Å². The van der Waals surface area contributed by atoms with E-state index in [0.29, 0.717) is 40.0 Å². The molecule has 0 radical (unpaired) electrons. The van der Waals surface area contributed by atoms with Gasteiger partial charge in [0.05, 0.1) is 28.5 Å². The van der Waals surface area contributed by atoms with E-state index in [9.17, 15) is 23.1 Å². The van der Waals surface area contributed by atoms with Gasteiger partial charge in [-0.15, -0.1) is 0 Å². The van der Waals surface area contributed by atoms with Crippen LogP contribution in [-0.4, -0.2) is 40.7 Å². The Labute approximate surface area is 268 Å². The second kappa shape index (κ2) is 11.4. The lowest BCUT2D eigenvalue weighted by Gasteiger charge is -2.30. The molecular formula is C31H26BrClF4N4O4. The molecular weight excluding hydrogens is 684 g/mol. The number of benzene rings is 2. The number of carbonyl (C=O) groups excluding carboxylic acids is 1. The molecule has 4 N–H and O–H groups in total. The lowest BCUT2D eigenvalue weighted by molar-refractivity contribution is -0.0489. The maximum absolute atomic E-state index is 15.1. The highest BCUT2D eigenvalue weighted by Crippen LogP contribution is 2.49. The lowest BCUT2D eigenvalue weighted by atomic mass is 9.87. The summed E-state index contributed by atoms with van der Waals surface area (Å²) in [5.74, 6) is -3.03. The SMILES string of the molecule is Cc1nc2c(OC(F)F)cc(C(=O)NC[C@](O)(c3cc4c(c(-c5cc(Cl)c(F)cc5F)n3)OC[C@]4(C)N)C3CC3)cc2cc1Br. The molecule has 0 saturated heterocycles. The van der Waals surface area contributed by atoms with Crippen molar-refractivity contribution in [3.63, 3.8) is 0 Å². The molecule has 1 amide bonds. The summed E-state index contributed by atoms with van der Waals surface area (Å²) >= 11 is 9.34. The van der Waals surface area contributed by atoms with Crippen LogP contribution in [0.5, 0.6) is 11.5 Å². The summed E-state index contributed by atoms with van der Waals surface area (Å²) in [6, 6.07) is 7.54. The average Bonchev–Trinajstić information content (AvgIpc) is 3.78. The molecule has 8 nitrogen and oxygen atoms in total. The lowest BCUT2D eigenvalue weighted by Crippen LogP contribution is -2.43. The van der Waals surface area contributed by atoms with Crippen LogP contribution in [0.2, 0.25) is 5.02 Å². The third kappa shape index (κ3) is 5.82. The van der Waals surface area contributed by atoms with Crippen LogP contribution >= 0.6 is 27.5 Å². The maximum Gasteiger partial charge on any atom is 0.387 e. The van der Waals surface area contributed by atoms with E-state index in [1.54, 1.807) is 26.0 Å². The van der Waals surface area contributed by atoms with E-state index >= 15 is 4.39 Å². The van der Waals surface area contributed by atoms with E-state index in [1.165, 1.54) is 6.07 Å². The Morgan fingerprint density at radius 2 is 1.96 bits per heavy atom. The zero-order chi connectivity index (χ0) is 32.4. The van der Waals surface area contributed by atoms with Crippen LogP contribution in [0.4, 0.5) is 17.6 Å². The fourth-order valence-corrected chi connectivity index (χ4v) is 5.97. The van der Waals surface area contributed by atoms with Gasteiger partial charge in [-0.25, -0.2) is 18.7 Å². The van der Waals surface area contributed by atoms with Gasteiger partial charge in [0.25, 0.3) is 5.91 Å². The molecule has 0 bridgehead atoms. The zero-order valence-electron chi connectivity index (χ0n) is 23.9. The van der Waals surface area contributed by atoms with Crippen molar-refractivity contribution in [2.75, 3.05) is 13.2 Å². The Bertz CT molecular complexity index is 1870. The van der Waals surface area contributed by atoms with Crippen molar-refractivity contribution >= 4 is 44.3 Å². The van der Waals surface area contributed by atoms with Gasteiger partial charge in [-0.1, -0.05) is 11.6 Å². The highest BCUT2D eigenvalue weighted by Gasteiger charge is 2.48. The fraction of sp³-hybridized carbons (Fsp3) is 0.323. The molecule has 6 rings (SSSR count). The third-order valence-electron chi connectivity index (χ3n) is 8.07. The minimum absolute atomic E-state index is 0.0117.